The molecule has 5 heteroatoms. The monoisotopic (exact) mass is 309 g/mol. The van der Waals surface area contributed by atoms with Crippen molar-refractivity contribution in [2.75, 3.05) is 41.3 Å². The van der Waals surface area contributed by atoms with E-state index in [0.717, 1.165) is 44.4 Å². The van der Waals surface area contributed by atoms with Crippen LogP contribution in [-0.2, 0) is 0 Å². The van der Waals surface area contributed by atoms with Crippen molar-refractivity contribution in [1.82, 2.24) is 9.97 Å². The Labute approximate surface area is 137 Å². The summed E-state index contributed by atoms with van der Waals surface area (Å²) >= 11 is 0. The number of aromatic nitrogens is 2. The Morgan fingerprint density at radius 1 is 0.957 bits per heavy atom. The van der Waals surface area contributed by atoms with Crippen molar-refractivity contribution in [3.63, 3.8) is 0 Å². The lowest BCUT2D eigenvalue weighted by atomic mass is 10.2. The summed E-state index contributed by atoms with van der Waals surface area (Å²) in [4.78, 5) is 13.9. The minimum absolute atomic E-state index is 0.455. The van der Waals surface area contributed by atoms with Gasteiger partial charge in [0.2, 0.25) is 5.95 Å². The van der Waals surface area contributed by atoms with Crippen LogP contribution in [0.5, 0.6) is 0 Å². The molecule has 0 bridgehead atoms. The fourth-order valence-corrected chi connectivity index (χ4v) is 3.44. The molecule has 2 aromatic rings. The zero-order chi connectivity index (χ0) is 15.5. The van der Waals surface area contributed by atoms with Gasteiger partial charge in [0.05, 0.1) is 0 Å². The van der Waals surface area contributed by atoms with Crippen LogP contribution < -0.4 is 15.1 Å². The van der Waals surface area contributed by atoms with Crippen LogP contribution in [0.25, 0.3) is 0 Å². The number of para-hydroxylation sites is 1. The predicted molar refractivity (Wildman–Crippen MR) is 94.2 cm³/mol. The van der Waals surface area contributed by atoms with Crippen LogP contribution in [0.2, 0.25) is 0 Å². The van der Waals surface area contributed by atoms with E-state index in [0.29, 0.717) is 6.04 Å². The van der Waals surface area contributed by atoms with Crippen molar-refractivity contribution in [3.8, 4) is 0 Å². The van der Waals surface area contributed by atoms with Crippen molar-refractivity contribution >= 4 is 17.5 Å². The van der Waals surface area contributed by atoms with Gasteiger partial charge in [0, 0.05) is 44.1 Å². The van der Waals surface area contributed by atoms with Crippen LogP contribution >= 0.6 is 0 Å². The molecule has 5 nitrogen and oxygen atoms in total. The van der Waals surface area contributed by atoms with E-state index < -0.39 is 0 Å². The van der Waals surface area contributed by atoms with Gasteiger partial charge in [-0.25, -0.2) is 4.98 Å². The largest absolute Gasteiger partial charge is 0.380 e. The maximum absolute atomic E-state index is 4.79. The second-order valence-electron chi connectivity index (χ2n) is 6.35. The second kappa shape index (κ2) is 6.44. The summed E-state index contributed by atoms with van der Waals surface area (Å²) in [5.41, 5.74) is 1.19. The normalized spacial score (nSPS) is 21.0. The molecular formula is C18H23N5. The summed E-state index contributed by atoms with van der Waals surface area (Å²) in [6.07, 6.45) is 5.55. The first-order valence-corrected chi connectivity index (χ1v) is 8.53. The molecule has 1 aromatic carbocycles. The molecule has 2 aliphatic heterocycles. The van der Waals surface area contributed by atoms with Gasteiger partial charge >= 0.3 is 0 Å². The number of benzene rings is 1. The number of hydrogen-bond acceptors (Lipinski definition) is 5. The van der Waals surface area contributed by atoms with Crippen molar-refractivity contribution in [2.45, 2.75) is 25.3 Å². The molecule has 2 saturated heterocycles. The number of hydrogen-bond donors (Lipinski definition) is 1. The Bertz CT molecular complexity index is 639. The van der Waals surface area contributed by atoms with Gasteiger partial charge in [-0.2, -0.15) is 4.98 Å². The summed E-state index contributed by atoms with van der Waals surface area (Å²) in [7, 11) is 0. The van der Waals surface area contributed by atoms with Crippen molar-refractivity contribution < 1.29 is 0 Å². The van der Waals surface area contributed by atoms with Crippen LogP contribution in [-0.4, -0.2) is 42.2 Å². The number of rotatable bonds is 4. The lowest BCUT2D eigenvalue weighted by Crippen LogP contribution is -2.28. The molecule has 2 aliphatic rings. The fraction of sp³-hybridized carbons (Fsp3) is 0.444. The van der Waals surface area contributed by atoms with Crippen LogP contribution in [0.3, 0.4) is 0 Å². The molecule has 4 rings (SSSR count). The molecule has 0 radical (unpaired) electrons. The van der Waals surface area contributed by atoms with Gasteiger partial charge in [-0.05, 0) is 37.5 Å². The highest BCUT2D eigenvalue weighted by Gasteiger charge is 2.25. The van der Waals surface area contributed by atoms with Crippen LogP contribution in [0.4, 0.5) is 17.5 Å². The smallest absolute Gasteiger partial charge is 0.227 e. The average Bonchev–Trinajstić information content (AvgIpc) is 3.28. The van der Waals surface area contributed by atoms with E-state index in [1.807, 2.05) is 18.3 Å². The van der Waals surface area contributed by atoms with Gasteiger partial charge in [0.1, 0.15) is 5.82 Å². The van der Waals surface area contributed by atoms with Gasteiger partial charge in [-0.15, -0.1) is 0 Å². The Hall–Kier alpha value is -2.30. The molecule has 0 aliphatic carbocycles. The van der Waals surface area contributed by atoms with Gasteiger partial charge in [-0.1, -0.05) is 18.2 Å². The first-order valence-electron chi connectivity index (χ1n) is 8.53. The van der Waals surface area contributed by atoms with E-state index >= 15 is 0 Å². The van der Waals surface area contributed by atoms with Crippen LogP contribution in [0.1, 0.15) is 19.3 Å². The van der Waals surface area contributed by atoms with Gasteiger partial charge in [0.15, 0.2) is 0 Å². The van der Waals surface area contributed by atoms with E-state index in [9.17, 15) is 0 Å². The lowest BCUT2D eigenvalue weighted by Gasteiger charge is -2.21. The summed E-state index contributed by atoms with van der Waals surface area (Å²) < 4.78 is 0. The third-order valence-electron chi connectivity index (χ3n) is 4.67. The molecule has 1 aromatic heterocycles. The summed E-state index contributed by atoms with van der Waals surface area (Å²) in [6.45, 7) is 4.20. The zero-order valence-electron chi connectivity index (χ0n) is 13.4. The number of nitrogens with one attached hydrogen (secondary N) is 1. The Morgan fingerprint density at radius 3 is 2.61 bits per heavy atom. The molecule has 0 saturated carbocycles. The summed E-state index contributed by atoms with van der Waals surface area (Å²) in [5, 5.41) is 3.60. The SMILES string of the molecule is c1ccc(N[C@H]2CCN(c3nccc(N4CCCC4)n3)C2)cc1. The third-order valence-corrected chi connectivity index (χ3v) is 4.67. The molecule has 0 spiro atoms. The Balaban J connectivity index is 1.42. The van der Waals surface area contributed by atoms with E-state index in [2.05, 4.69) is 44.4 Å². The molecule has 2 fully saturated rings. The zero-order valence-corrected chi connectivity index (χ0v) is 13.4. The van der Waals surface area contributed by atoms with Crippen LogP contribution in [0.15, 0.2) is 42.6 Å². The second-order valence-corrected chi connectivity index (χ2v) is 6.35. The molecule has 0 amide bonds. The highest BCUT2D eigenvalue weighted by atomic mass is 15.3. The molecule has 120 valence electrons. The average molecular weight is 309 g/mol. The fourth-order valence-electron chi connectivity index (χ4n) is 3.44. The van der Waals surface area contributed by atoms with Crippen LogP contribution in [0, 0.1) is 0 Å². The third kappa shape index (κ3) is 3.23. The minimum atomic E-state index is 0.455. The quantitative estimate of drug-likeness (QED) is 0.941. The molecule has 0 unspecified atom stereocenters. The summed E-state index contributed by atoms with van der Waals surface area (Å²) in [5.74, 6) is 1.94. The van der Waals surface area contributed by atoms with Crippen molar-refractivity contribution in [2.24, 2.45) is 0 Å². The Kier molecular flexibility index (Phi) is 4.01. The highest BCUT2D eigenvalue weighted by molar-refractivity contribution is 5.47. The minimum Gasteiger partial charge on any atom is -0.380 e. The van der Waals surface area contributed by atoms with Gasteiger partial charge in [-0.3, -0.25) is 0 Å². The van der Waals surface area contributed by atoms with Crippen molar-refractivity contribution in [3.05, 3.63) is 42.6 Å². The topological polar surface area (TPSA) is 44.3 Å². The molecule has 3 heterocycles. The standard InChI is InChI=1S/C18H23N5/c1-2-6-15(7-3-1)20-16-9-13-23(14-16)18-19-10-8-17(21-18)22-11-4-5-12-22/h1-3,6-8,10,16,20H,4-5,9,11-14H2/t16-/m0/s1. The molecule has 1 N–H and O–H groups in total. The van der Waals surface area contributed by atoms with E-state index in [4.69, 9.17) is 4.98 Å². The molecule has 1 atom stereocenters. The van der Waals surface area contributed by atoms with E-state index in [1.165, 1.54) is 18.5 Å². The Morgan fingerprint density at radius 2 is 1.78 bits per heavy atom. The first-order chi connectivity index (χ1) is 11.4. The maximum Gasteiger partial charge on any atom is 0.227 e. The number of anilines is 3. The van der Waals surface area contributed by atoms with Gasteiger partial charge < -0.3 is 15.1 Å². The lowest BCUT2D eigenvalue weighted by molar-refractivity contribution is 0.803. The van der Waals surface area contributed by atoms with E-state index in [1.54, 1.807) is 0 Å². The molecule has 23 heavy (non-hydrogen) atoms. The highest BCUT2D eigenvalue weighted by Crippen LogP contribution is 2.23. The van der Waals surface area contributed by atoms with Gasteiger partial charge in [0.25, 0.3) is 0 Å². The summed E-state index contributed by atoms with van der Waals surface area (Å²) in [6, 6.07) is 12.9. The maximum atomic E-state index is 4.79. The van der Waals surface area contributed by atoms with E-state index in [-0.39, 0.29) is 0 Å². The number of nitrogens with zero attached hydrogens (tertiary/aromatic N) is 4. The first kappa shape index (κ1) is 14.3. The molecular weight excluding hydrogens is 286 g/mol. The van der Waals surface area contributed by atoms with Crippen molar-refractivity contribution in [1.29, 1.82) is 0 Å². The predicted octanol–water partition coefficient (Wildman–Crippen LogP) is 2.77.